The molecule has 2 aromatic rings. The summed E-state index contributed by atoms with van der Waals surface area (Å²) in [6.45, 7) is 1.72. The minimum Gasteiger partial charge on any atom is -0.381 e. The van der Waals surface area contributed by atoms with E-state index in [1.165, 1.54) is 7.05 Å². The van der Waals surface area contributed by atoms with Crippen molar-refractivity contribution in [1.82, 2.24) is 30.5 Å². The Hall–Kier alpha value is -2.29. The number of amides is 1. The highest BCUT2D eigenvalue weighted by Crippen LogP contribution is 2.22. The molecule has 20 heavy (non-hydrogen) atoms. The third kappa shape index (κ3) is 2.52. The maximum atomic E-state index is 11.3. The van der Waals surface area contributed by atoms with E-state index in [1.54, 1.807) is 4.68 Å². The van der Waals surface area contributed by atoms with Gasteiger partial charge in [-0.15, -0.1) is 5.10 Å². The first-order valence-electron chi connectivity index (χ1n) is 6.28. The highest BCUT2D eigenvalue weighted by molar-refractivity contribution is 5.89. The lowest BCUT2D eigenvalue weighted by atomic mass is 10.1. The zero-order valence-corrected chi connectivity index (χ0v) is 10.9. The Bertz CT molecular complexity index is 601. The zero-order chi connectivity index (χ0) is 13.9. The van der Waals surface area contributed by atoms with Crippen LogP contribution in [-0.4, -0.2) is 51.3 Å². The van der Waals surface area contributed by atoms with Crippen molar-refractivity contribution in [3.8, 4) is 0 Å². The lowest BCUT2D eigenvalue weighted by Crippen LogP contribution is -2.19. The smallest absolute Gasteiger partial charge is 0.292 e. The van der Waals surface area contributed by atoms with Crippen LogP contribution in [0.1, 0.15) is 34.5 Å². The van der Waals surface area contributed by atoms with E-state index in [0.717, 1.165) is 18.7 Å². The summed E-state index contributed by atoms with van der Waals surface area (Å²) in [5, 5.41) is 14.1. The first-order chi connectivity index (χ1) is 9.76. The maximum Gasteiger partial charge on any atom is 0.292 e. The Labute approximate surface area is 114 Å². The van der Waals surface area contributed by atoms with Gasteiger partial charge in [-0.05, 0) is 6.42 Å². The van der Waals surface area contributed by atoms with Crippen LogP contribution in [0.3, 0.4) is 0 Å². The Morgan fingerprint density at radius 2 is 2.50 bits per heavy atom. The average molecular weight is 278 g/mol. The molecule has 0 aromatic carbocycles. The molecule has 3 rings (SSSR count). The molecule has 9 heteroatoms. The molecular weight excluding hydrogens is 264 g/mol. The first-order valence-corrected chi connectivity index (χ1v) is 6.28. The van der Waals surface area contributed by atoms with Crippen molar-refractivity contribution in [3.63, 3.8) is 0 Å². The lowest BCUT2D eigenvalue weighted by molar-refractivity contribution is 0.0950. The van der Waals surface area contributed by atoms with Crippen molar-refractivity contribution in [2.24, 2.45) is 0 Å². The summed E-state index contributed by atoms with van der Waals surface area (Å²) in [7, 11) is 1.51. The van der Waals surface area contributed by atoms with Crippen LogP contribution in [0.5, 0.6) is 0 Å². The summed E-state index contributed by atoms with van der Waals surface area (Å²) in [5.74, 6) is 0.227. The Balaban J connectivity index is 1.68. The van der Waals surface area contributed by atoms with Crippen molar-refractivity contribution in [2.75, 3.05) is 20.3 Å². The van der Waals surface area contributed by atoms with Gasteiger partial charge in [0.1, 0.15) is 6.54 Å². The molecular formula is C11H14N6O3. The van der Waals surface area contributed by atoms with Gasteiger partial charge >= 0.3 is 0 Å². The van der Waals surface area contributed by atoms with Crippen molar-refractivity contribution < 1.29 is 14.1 Å². The largest absolute Gasteiger partial charge is 0.381 e. The Morgan fingerprint density at radius 3 is 3.25 bits per heavy atom. The molecule has 0 saturated carbocycles. The van der Waals surface area contributed by atoms with Gasteiger partial charge in [0, 0.05) is 25.8 Å². The first kappa shape index (κ1) is 12.7. The fourth-order valence-corrected chi connectivity index (χ4v) is 2.01. The van der Waals surface area contributed by atoms with E-state index in [-0.39, 0.29) is 18.3 Å². The predicted octanol–water partition coefficient (Wildman–Crippen LogP) is -0.427. The normalized spacial score (nSPS) is 18.4. The van der Waals surface area contributed by atoms with Gasteiger partial charge in [0.2, 0.25) is 5.89 Å². The van der Waals surface area contributed by atoms with Gasteiger partial charge in [0.25, 0.3) is 11.7 Å². The number of nitrogens with one attached hydrogen (secondary N) is 1. The van der Waals surface area contributed by atoms with Crippen LogP contribution in [0.25, 0.3) is 0 Å². The number of aromatic nitrogens is 5. The molecule has 3 heterocycles. The van der Waals surface area contributed by atoms with E-state index in [1.807, 2.05) is 6.20 Å². The van der Waals surface area contributed by atoms with Gasteiger partial charge in [-0.1, -0.05) is 10.4 Å². The zero-order valence-electron chi connectivity index (χ0n) is 10.9. The van der Waals surface area contributed by atoms with E-state index in [2.05, 4.69) is 25.8 Å². The highest BCUT2D eigenvalue weighted by atomic mass is 16.5. The minimum atomic E-state index is -0.387. The summed E-state index contributed by atoms with van der Waals surface area (Å²) < 4.78 is 11.9. The predicted molar refractivity (Wildman–Crippen MR) is 65.0 cm³/mol. The van der Waals surface area contributed by atoms with Gasteiger partial charge < -0.3 is 14.6 Å². The second-order valence-corrected chi connectivity index (χ2v) is 4.49. The van der Waals surface area contributed by atoms with Crippen LogP contribution in [-0.2, 0) is 11.3 Å². The molecule has 0 bridgehead atoms. The third-order valence-electron chi connectivity index (χ3n) is 3.10. The van der Waals surface area contributed by atoms with E-state index in [0.29, 0.717) is 18.4 Å². The fraction of sp³-hybridized carbons (Fsp3) is 0.545. The number of rotatable bonds is 4. The minimum absolute atomic E-state index is 0.00651. The van der Waals surface area contributed by atoms with Gasteiger partial charge in [-0.3, -0.25) is 4.79 Å². The number of hydrogen-bond donors (Lipinski definition) is 1. The van der Waals surface area contributed by atoms with Crippen LogP contribution < -0.4 is 5.32 Å². The maximum absolute atomic E-state index is 11.3. The molecule has 1 aliphatic rings. The summed E-state index contributed by atoms with van der Waals surface area (Å²) in [4.78, 5) is 15.3. The van der Waals surface area contributed by atoms with Crippen LogP contribution in [0.4, 0.5) is 0 Å². The highest BCUT2D eigenvalue weighted by Gasteiger charge is 2.21. The van der Waals surface area contributed by atoms with Crippen LogP contribution in [0.2, 0.25) is 0 Å². The SMILES string of the molecule is CNC(=O)c1noc(Cn2cc([C@@H]3CCOC3)nn2)n1. The monoisotopic (exact) mass is 278 g/mol. The molecule has 1 N–H and O–H groups in total. The third-order valence-corrected chi connectivity index (χ3v) is 3.10. The standard InChI is InChI=1S/C11H14N6O3/c1-12-11(18)10-13-9(20-15-10)5-17-4-8(14-16-17)7-2-3-19-6-7/h4,7H,2-3,5-6H2,1H3,(H,12,18)/t7-/m1/s1. The van der Waals surface area contributed by atoms with Gasteiger partial charge in [0.15, 0.2) is 0 Å². The number of hydrogen-bond acceptors (Lipinski definition) is 7. The van der Waals surface area contributed by atoms with E-state index < -0.39 is 0 Å². The van der Waals surface area contributed by atoms with E-state index in [4.69, 9.17) is 9.26 Å². The molecule has 1 amide bonds. The van der Waals surface area contributed by atoms with Crippen molar-refractivity contribution >= 4 is 5.91 Å². The van der Waals surface area contributed by atoms with E-state index in [9.17, 15) is 4.79 Å². The molecule has 2 aromatic heterocycles. The van der Waals surface area contributed by atoms with Gasteiger partial charge in [0.05, 0.1) is 12.3 Å². The molecule has 1 atom stereocenters. The summed E-state index contributed by atoms with van der Waals surface area (Å²) >= 11 is 0. The summed E-state index contributed by atoms with van der Waals surface area (Å²) in [5.41, 5.74) is 0.897. The van der Waals surface area contributed by atoms with Crippen LogP contribution in [0, 0.1) is 0 Å². The quantitative estimate of drug-likeness (QED) is 0.808. The molecule has 0 radical (unpaired) electrons. The molecule has 1 saturated heterocycles. The Kier molecular flexibility index (Phi) is 3.42. The number of carbonyl (C=O) groups is 1. The van der Waals surface area contributed by atoms with Gasteiger partial charge in [-0.25, -0.2) is 4.68 Å². The van der Waals surface area contributed by atoms with Gasteiger partial charge in [-0.2, -0.15) is 4.98 Å². The van der Waals surface area contributed by atoms with Crippen LogP contribution in [0.15, 0.2) is 10.7 Å². The fourth-order valence-electron chi connectivity index (χ4n) is 2.01. The molecule has 0 spiro atoms. The molecule has 9 nitrogen and oxygen atoms in total. The molecule has 1 fully saturated rings. The molecule has 0 unspecified atom stereocenters. The van der Waals surface area contributed by atoms with Crippen molar-refractivity contribution in [1.29, 1.82) is 0 Å². The lowest BCUT2D eigenvalue weighted by Gasteiger charge is -1.99. The summed E-state index contributed by atoms with van der Waals surface area (Å²) in [6, 6.07) is 0. The van der Waals surface area contributed by atoms with E-state index >= 15 is 0 Å². The number of ether oxygens (including phenoxy) is 1. The summed E-state index contributed by atoms with van der Waals surface area (Å²) in [6.07, 6.45) is 2.79. The second-order valence-electron chi connectivity index (χ2n) is 4.49. The average Bonchev–Trinajstić information content (AvgIpc) is 3.19. The topological polar surface area (TPSA) is 108 Å². The van der Waals surface area contributed by atoms with Crippen molar-refractivity contribution in [2.45, 2.75) is 18.9 Å². The Morgan fingerprint density at radius 1 is 1.60 bits per heavy atom. The molecule has 0 aliphatic carbocycles. The molecule has 1 aliphatic heterocycles. The van der Waals surface area contributed by atoms with Crippen LogP contribution >= 0.6 is 0 Å². The molecule has 106 valence electrons. The number of nitrogens with zero attached hydrogens (tertiary/aromatic N) is 5. The number of carbonyl (C=O) groups excluding carboxylic acids is 1. The van der Waals surface area contributed by atoms with Crippen molar-refractivity contribution in [3.05, 3.63) is 23.6 Å². The second kappa shape index (κ2) is 5.37.